The first-order chi connectivity index (χ1) is 12.5. The maximum atomic E-state index is 12.3. The summed E-state index contributed by atoms with van der Waals surface area (Å²) in [6.45, 7) is 2.35. The minimum atomic E-state index is -0.623. The normalized spacial score (nSPS) is 15.0. The van der Waals surface area contributed by atoms with Crippen LogP contribution in [-0.4, -0.2) is 23.3 Å². The third kappa shape index (κ3) is 3.72. The predicted octanol–water partition coefficient (Wildman–Crippen LogP) is 3.64. The summed E-state index contributed by atoms with van der Waals surface area (Å²) in [7, 11) is 0. The molecule has 0 radical (unpaired) electrons. The average molecular weight is 354 g/mol. The first kappa shape index (κ1) is 17.6. The monoisotopic (exact) mass is 354 g/mol. The Bertz CT molecular complexity index is 847. The molecule has 0 bridgehead atoms. The van der Waals surface area contributed by atoms with Gasteiger partial charge in [0.1, 0.15) is 6.10 Å². The molecule has 3 rings (SSSR count). The van der Waals surface area contributed by atoms with E-state index in [-0.39, 0.29) is 11.6 Å². The van der Waals surface area contributed by atoms with Gasteiger partial charge in [-0.05, 0) is 43.2 Å². The Morgan fingerprint density at radius 1 is 1.23 bits per heavy atom. The molecule has 1 atom stereocenters. The number of anilines is 1. The zero-order valence-corrected chi connectivity index (χ0v) is 14.3. The van der Waals surface area contributed by atoms with Gasteiger partial charge in [-0.15, -0.1) is 0 Å². The summed E-state index contributed by atoms with van der Waals surface area (Å²) >= 11 is 0. The summed E-state index contributed by atoms with van der Waals surface area (Å²) in [5.41, 5.74) is 1.62. The summed E-state index contributed by atoms with van der Waals surface area (Å²) in [6.07, 6.45) is 0.760. The zero-order chi connectivity index (χ0) is 18.7. The molecule has 0 aliphatic carbocycles. The number of carbonyl (C=O) groups excluding carboxylic acids is 2. The van der Waals surface area contributed by atoms with Crippen LogP contribution in [0.2, 0.25) is 0 Å². The molecule has 7 heteroatoms. The quantitative estimate of drug-likeness (QED) is 0.464. The Balaban J connectivity index is 1.68. The molecular weight excluding hydrogens is 336 g/mol. The molecule has 26 heavy (non-hydrogen) atoms. The molecule has 1 amide bonds. The third-order valence-electron chi connectivity index (χ3n) is 4.32. The lowest BCUT2D eigenvalue weighted by Gasteiger charge is -2.16. The number of esters is 1. The molecule has 1 fully saturated rings. The lowest BCUT2D eigenvalue weighted by atomic mass is 10.1. The second-order valence-electron chi connectivity index (χ2n) is 6.10. The largest absolute Gasteiger partial charge is 0.454 e. The summed E-state index contributed by atoms with van der Waals surface area (Å²) in [4.78, 5) is 36.1. The molecule has 7 nitrogen and oxygen atoms in total. The minimum Gasteiger partial charge on any atom is -0.454 e. The van der Waals surface area contributed by atoms with E-state index >= 15 is 0 Å². The molecule has 2 aromatic rings. The lowest BCUT2D eigenvalue weighted by molar-refractivity contribution is -0.385. The smallest absolute Gasteiger partial charge is 0.338 e. The number of nitrogens with zero attached hydrogens (tertiary/aromatic N) is 2. The van der Waals surface area contributed by atoms with Gasteiger partial charge in [0.15, 0.2) is 0 Å². The zero-order valence-electron chi connectivity index (χ0n) is 14.3. The summed E-state index contributed by atoms with van der Waals surface area (Å²) in [5.74, 6) is -0.442. The SMILES string of the molecule is C[C@@H](OC(=O)c1ccc(N2CCCC2=O)cc1)c1cccc([N+](=O)[O-])c1. The van der Waals surface area contributed by atoms with Crippen molar-refractivity contribution in [2.24, 2.45) is 0 Å². The number of non-ortho nitro benzene ring substituents is 1. The van der Waals surface area contributed by atoms with Crippen molar-refractivity contribution in [3.8, 4) is 0 Å². The fourth-order valence-corrected chi connectivity index (χ4v) is 2.89. The first-order valence-corrected chi connectivity index (χ1v) is 8.31. The molecule has 0 aromatic heterocycles. The summed E-state index contributed by atoms with van der Waals surface area (Å²) in [6, 6.07) is 12.7. The van der Waals surface area contributed by atoms with Crippen molar-refractivity contribution in [3.05, 3.63) is 69.8 Å². The van der Waals surface area contributed by atoms with Crippen molar-refractivity contribution in [1.29, 1.82) is 0 Å². The van der Waals surface area contributed by atoms with Gasteiger partial charge < -0.3 is 9.64 Å². The van der Waals surface area contributed by atoms with Crippen LogP contribution in [0.25, 0.3) is 0 Å². The van der Waals surface area contributed by atoms with E-state index < -0.39 is 17.0 Å². The fourth-order valence-electron chi connectivity index (χ4n) is 2.89. The second kappa shape index (κ2) is 7.35. The predicted molar refractivity (Wildman–Crippen MR) is 95.0 cm³/mol. The van der Waals surface area contributed by atoms with Crippen LogP contribution in [0.15, 0.2) is 48.5 Å². The number of amides is 1. The standard InChI is InChI=1S/C19H18N2O5/c1-13(15-4-2-5-17(12-15)21(24)25)26-19(23)14-7-9-16(10-8-14)20-11-3-6-18(20)22/h2,4-5,7-10,12-13H,3,6,11H2,1H3/t13-/m1/s1. The third-order valence-corrected chi connectivity index (χ3v) is 4.32. The van der Waals surface area contributed by atoms with Crippen molar-refractivity contribution in [2.75, 3.05) is 11.4 Å². The van der Waals surface area contributed by atoms with Crippen LogP contribution in [-0.2, 0) is 9.53 Å². The van der Waals surface area contributed by atoms with Crippen LogP contribution in [0.4, 0.5) is 11.4 Å². The van der Waals surface area contributed by atoms with Gasteiger partial charge >= 0.3 is 5.97 Å². The molecule has 0 N–H and O–H groups in total. The van der Waals surface area contributed by atoms with E-state index in [4.69, 9.17) is 4.74 Å². The number of hydrogen-bond acceptors (Lipinski definition) is 5. The van der Waals surface area contributed by atoms with Crippen LogP contribution in [0.3, 0.4) is 0 Å². The van der Waals surface area contributed by atoms with Crippen molar-refractivity contribution in [1.82, 2.24) is 0 Å². The number of benzene rings is 2. The highest BCUT2D eigenvalue weighted by molar-refractivity contribution is 5.96. The maximum Gasteiger partial charge on any atom is 0.338 e. The molecule has 134 valence electrons. The number of ether oxygens (including phenoxy) is 1. The number of hydrogen-bond donors (Lipinski definition) is 0. The number of nitro benzene ring substituents is 1. The molecule has 1 aliphatic rings. The van der Waals surface area contributed by atoms with Gasteiger partial charge in [0.25, 0.3) is 5.69 Å². The second-order valence-corrected chi connectivity index (χ2v) is 6.10. The van der Waals surface area contributed by atoms with Crippen molar-refractivity contribution in [3.63, 3.8) is 0 Å². The maximum absolute atomic E-state index is 12.3. The van der Waals surface area contributed by atoms with Gasteiger partial charge in [0.2, 0.25) is 5.91 Å². The Hall–Kier alpha value is -3.22. The van der Waals surface area contributed by atoms with Crippen LogP contribution < -0.4 is 4.90 Å². The lowest BCUT2D eigenvalue weighted by Crippen LogP contribution is -2.23. The number of carbonyl (C=O) groups is 2. The van der Waals surface area contributed by atoms with Gasteiger partial charge in [-0.25, -0.2) is 4.79 Å². The molecule has 1 aliphatic heterocycles. The highest BCUT2D eigenvalue weighted by atomic mass is 16.6. The van der Waals surface area contributed by atoms with Crippen LogP contribution >= 0.6 is 0 Å². The Kier molecular flexibility index (Phi) is 4.97. The Labute approximate surface area is 150 Å². The molecule has 2 aromatic carbocycles. The van der Waals surface area contributed by atoms with E-state index in [0.29, 0.717) is 24.1 Å². The van der Waals surface area contributed by atoms with Gasteiger partial charge in [0, 0.05) is 30.8 Å². The molecule has 0 unspecified atom stereocenters. The highest BCUT2D eigenvalue weighted by Gasteiger charge is 2.22. The van der Waals surface area contributed by atoms with E-state index in [2.05, 4.69) is 0 Å². The van der Waals surface area contributed by atoms with E-state index in [0.717, 1.165) is 12.1 Å². The Morgan fingerprint density at radius 2 is 1.96 bits per heavy atom. The number of rotatable bonds is 5. The molecule has 0 saturated carbocycles. The first-order valence-electron chi connectivity index (χ1n) is 8.31. The molecule has 0 spiro atoms. The molecule has 1 saturated heterocycles. The van der Waals surface area contributed by atoms with Crippen molar-refractivity contribution < 1.29 is 19.2 Å². The van der Waals surface area contributed by atoms with E-state index in [1.165, 1.54) is 12.1 Å². The fraction of sp³-hybridized carbons (Fsp3) is 0.263. The van der Waals surface area contributed by atoms with Crippen molar-refractivity contribution in [2.45, 2.75) is 25.9 Å². The highest BCUT2D eigenvalue weighted by Crippen LogP contribution is 2.25. The molecule has 1 heterocycles. The van der Waals surface area contributed by atoms with Crippen LogP contribution in [0.1, 0.15) is 41.8 Å². The topological polar surface area (TPSA) is 89.8 Å². The van der Waals surface area contributed by atoms with Crippen molar-refractivity contribution >= 4 is 23.3 Å². The summed E-state index contributed by atoms with van der Waals surface area (Å²) in [5, 5.41) is 10.9. The van der Waals surface area contributed by atoms with Gasteiger partial charge in [-0.2, -0.15) is 0 Å². The minimum absolute atomic E-state index is 0.0509. The number of nitro groups is 1. The van der Waals surface area contributed by atoms with Gasteiger partial charge in [-0.1, -0.05) is 12.1 Å². The summed E-state index contributed by atoms with van der Waals surface area (Å²) < 4.78 is 5.40. The van der Waals surface area contributed by atoms with E-state index in [1.54, 1.807) is 48.2 Å². The average Bonchev–Trinajstić information content (AvgIpc) is 3.07. The molecular formula is C19H18N2O5. The van der Waals surface area contributed by atoms with E-state index in [9.17, 15) is 19.7 Å². The van der Waals surface area contributed by atoms with E-state index in [1.807, 2.05) is 0 Å². The van der Waals surface area contributed by atoms with Crippen LogP contribution in [0, 0.1) is 10.1 Å². The van der Waals surface area contributed by atoms with Crippen LogP contribution in [0.5, 0.6) is 0 Å². The van der Waals surface area contributed by atoms with Gasteiger partial charge in [0.05, 0.1) is 10.5 Å². The Morgan fingerprint density at radius 3 is 2.58 bits per heavy atom. The van der Waals surface area contributed by atoms with Gasteiger partial charge in [-0.3, -0.25) is 14.9 Å².